The molecule has 2 bridgehead atoms. The van der Waals surface area contributed by atoms with Gasteiger partial charge in [0.15, 0.2) is 0 Å². The number of nitrogens with one attached hydrogen (secondary N) is 2. The van der Waals surface area contributed by atoms with Crippen LogP contribution in [0.5, 0.6) is 5.75 Å². The van der Waals surface area contributed by atoms with Gasteiger partial charge in [0, 0.05) is 47.7 Å². The lowest BCUT2D eigenvalue weighted by Crippen LogP contribution is -2.39. The van der Waals surface area contributed by atoms with E-state index in [0.29, 0.717) is 33.7 Å². The summed E-state index contributed by atoms with van der Waals surface area (Å²) in [4.78, 5) is 18.4. The van der Waals surface area contributed by atoms with E-state index >= 15 is 0 Å². The summed E-state index contributed by atoms with van der Waals surface area (Å²) in [6.07, 6.45) is 14.5. The smallest absolute Gasteiger partial charge is 0.244 e. The zero-order valence-electron chi connectivity index (χ0n) is 20.6. The Kier molecular flexibility index (Phi) is 6.68. The molecule has 0 radical (unpaired) electrons. The molecule has 3 aliphatic rings. The Morgan fingerprint density at radius 1 is 1.11 bits per heavy atom. The first-order valence-corrected chi connectivity index (χ1v) is 13.9. The molecule has 1 aliphatic heterocycles. The van der Waals surface area contributed by atoms with Crippen molar-refractivity contribution in [2.45, 2.75) is 56.5 Å². The van der Waals surface area contributed by atoms with Crippen LogP contribution in [0.2, 0.25) is 10.0 Å². The average Bonchev–Trinajstić information content (AvgIpc) is 3.60. The van der Waals surface area contributed by atoms with Crippen LogP contribution in [0.25, 0.3) is 17.0 Å². The number of halogens is 2. The number of fused-ring (bicyclic) bond motifs is 3. The molecule has 0 saturated heterocycles. The largest absolute Gasteiger partial charge is 0.508 e. The van der Waals surface area contributed by atoms with Gasteiger partial charge in [0.25, 0.3) is 0 Å². The summed E-state index contributed by atoms with van der Waals surface area (Å²) in [6, 6.07) is 11.7. The lowest BCUT2D eigenvalue weighted by molar-refractivity contribution is -0.117. The molecule has 2 atom stereocenters. The Hall–Kier alpha value is -2.89. The maximum atomic E-state index is 12.4. The van der Waals surface area contributed by atoms with E-state index in [2.05, 4.69) is 27.6 Å². The Bertz CT molecular complexity index is 1390. The topological polar surface area (TPSA) is 68.4 Å². The Morgan fingerprint density at radius 2 is 1.95 bits per heavy atom. The average molecular weight is 537 g/mol. The first-order valence-electron chi connectivity index (χ1n) is 13.1. The minimum absolute atomic E-state index is 0.0623. The summed E-state index contributed by atoms with van der Waals surface area (Å²) in [5.41, 5.74) is 4.77. The molecule has 2 unspecified atom stereocenters. The first kappa shape index (κ1) is 24.4. The van der Waals surface area contributed by atoms with Crippen LogP contribution in [0.15, 0.2) is 60.4 Å². The van der Waals surface area contributed by atoms with E-state index in [9.17, 15) is 9.90 Å². The van der Waals surface area contributed by atoms with E-state index in [1.807, 2.05) is 18.2 Å². The number of carbonyl (C=O) groups excluding carboxylic acids is 1. The van der Waals surface area contributed by atoms with Crippen molar-refractivity contribution in [3.05, 3.63) is 81.6 Å². The fraction of sp³-hybridized carbons (Fsp3) is 0.367. The van der Waals surface area contributed by atoms with Crippen molar-refractivity contribution in [2.24, 2.45) is 5.92 Å². The van der Waals surface area contributed by atoms with Crippen LogP contribution >= 0.6 is 23.2 Å². The lowest BCUT2D eigenvalue weighted by Gasteiger charge is -2.35. The SMILES string of the molecule is O=C(/C=C/c1ccc(Cl)c(Cl)c1)NC1CCC(CN2C=C3CC2CC3c2c[nH]c3ccc(O)cc23)CC1. The highest BCUT2D eigenvalue weighted by Gasteiger charge is 2.40. The van der Waals surface area contributed by atoms with E-state index in [1.165, 1.54) is 11.1 Å². The van der Waals surface area contributed by atoms with Gasteiger partial charge in [0.1, 0.15) is 5.75 Å². The summed E-state index contributed by atoms with van der Waals surface area (Å²) < 4.78 is 0. The Balaban J connectivity index is 0.996. The molecular weight excluding hydrogens is 505 g/mol. The molecule has 3 aromatic rings. The van der Waals surface area contributed by atoms with Crippen molar-refractivity contribution >= 4 is 46.1 Å². The van der Waals surface area contributed by atoms with Crippen LogP contribution < -0.4 is 5.32 Å². The molecule has 37 heavy (non-hydrogen) atoms. The van der Waals surface area contributed by atoms with Gasteiger partial charge < -0.3 is 20.3 Å². The quantitative estimate of drug-likeness (QED) is 0.297. The summed E-state index contributed by atoms with van der Waals surface area (Å²) in [6.45, 7) is 1.10. The van der Waals surface area contributed by atoms with Gasteiger partial charge in [-0.05, 0) is 104 Å². The van der Waals surface area contributed by atoms with Crippen molar-refractivity contribution in [1.82, 2.24) is 15.2 Å². The number of benzene rings is 2. The van der Waals surface area contributed by atoms with Crippen molar-refractivity contribution in [2.75, 3.05) is 6.54 Å². The van der Waals surface area contributed by atoms with Crippen LogP contribution in [-0.2, 0) is 4.79 Å². The molecule has 3 N–H and O–H groups in total. The highest BCUT2D eigenvalue weighted by atomic mass is 35.5. The molecule has 2 aliphatic carbocycles. The number of rotatable bonds is 6. The van der Waals surface area contributed by atoms with E-state index in [4.69, 9.17) is 23.2 Å². The second-order valence-corrected chi connectivity index (χ2v) is 11.6. The van der Waals surface area contributed by atoms with Crippen LogP contribution in [0.3, 0.4) is 0 Å². The highest BCUT2D eigenvalue weighted by Crippen LogP contribution is 2.48. The number of aromatic hydroxyl groups is 1. The third kappa shape index (κ3) is 5.12. The third-order valence-corrected chi connectivity index (χ3v) is 9.07. The molecule has 7 heteroatoms. The summed E-state index contributed by atoms with van der Waals surface area (Å²) in [7, 11) is 0. The second-order valence-electron chi connectivity index (χ2n) is 10.8. The van der Waals surface area contributed by atoms with Gasteiger partial charge in [-0.1, -0.05) is 29.3 Å². The molecular formula is C30H31Cl2N3O2. The maximum absolute atomic E-state index is 12.4. The van der Waals surface area contributed by atoms with Crippen molar-refractivity contribution < 1.29 is 9.90 Å². The summed E-state index contributed by atoms with van der Waals surface area (Å²) in [5, 5.41) is 15.3. The zero-order chi connectivity index (χ0) is 25.5. The molecule has 192 valence electrons. The van der Waals surface area contributed by atoms with Gasteiger partial charge in [0.05, 0.1) is 10.0 Å². The van der Waals surface area contributed by atoms with Crippen LogP contribution in [-0.4, -0.2) is 39.5 Å². The van der Waals surface area contributed by atoms with E-state index in [-0.39, 0.29) is 11.9 Å². The number of aromatic amines is 1. The van der Waals surface area contributed by atoms with Crippen LogP contribution in [0.4, 0.5) is 0 Å². The molecule has 2 aromatic carbocycles. The van der Waals surface area contributed by atoms with Crippen molar-refractivity contribution in [1.29, 1.82) is 0 Å². The van der Waals surface area contributed by atoms with E-state index in [1.54, 1.807) is 30.4 Å². The predicted molar refractivity (Wildman–Crippen MR) is 150 cm³/mol. The van der Waals surface area contributed by atoms with Crippen molar-refractivity contribution in [3.8, 4) is 5.75 Å². The third-order valence-electron chi connectivity index (χ3n) is 8.33. The molecule has 6 rings (SSSR count). The number of hydrogen-bond donors (Lipinski definition) is 3. The number of aromatic nitrogens is 1. The van der Waals surface area contributed by atoms with Crippen molar-refractivity contribution in [3.63, 3.8) is 0 Å². The van der Waals surface area contributed by atoms with Gasteiger partial charge in [-0.15, -0.1) is 0 Å². The molecule has 0 spiro atoms. The number of phenols is 1. The number of amides is 1. The maximum Gasteiger partial charge on any atom is 0.244 e. The van der Waals surface area contributed by atoms with Gasteiger partial charge in [-0.2, -0.15) is 0 Å². The molecule has 1 aromatic heterocycles. The van der Waals surface area contributed by atoms with E-state index < -0.39 is 0 Å². The van der Waals surface area contributed by atoms with Gasteiger partial charge in [-0.25, -0.2) is 0 Å². The van der Waals surface area contributed by atoms with Crippen LogP contribution in [0, 0.1) is 5.92 Å². The Labute approximate surface area is 227 Å². The molecule has 2 heterocycles. The fourth-order valence-corrected chi connectivity index (χ4v) is 6.71. The fourth-order valence-electron chi connectivity index (χ4n) is 6.41. The molecule has 2 fully saturated rings. The molecule has 2 saturated carbocycles. The van der Waals surface area contributed by atoms with Gasteiger partial charge in [-0.3, -0.25) is 4.79 Å². The summed E-state index contributed by atoms with van der Waals surface area (Å²) >= 11 is 12.0. The number of carbonyl (C=O) groups is 1. The second kappa shape index (κ2) is 10.1. The van der Waals surface area contributed by atoms with Crippen LogP contribution in [0.1, 0.15) is 55.6 Å². The van der Waals surface area contributed by atoms with Gasteiger partial charge in [0.2, 0.25) is 5.91 Å². The first-order chi connectivity index (χ1) is 17.9. The Morgan fingerprint density at radius 3 is 2.70 bits per heavy atom. The number of phenolic OH excluding ortho intramolecular Hbond substituents is 1. The predicted octanol–water partition coefficient (Wildman–Crippen LogP) is 7.01. The number of H-pyrrole nitrogens is 1. The summed E-state index contributed by atoms with van der Waals surface area (Å²) in [5.74, 6) is 1.37. The zero-order valence-corrected chi connectivity index (χ0v) is 22.1. The standard InChI is InChI=1S/C30H31Cl2N3O2/c31-27-8-3-18(11-28(27)32)4-10-30(37)34-21-5-1-19(2-6-21)16-35-17-20-12-22(35)13-24(20)26-15-33-29-9-7-23(36)14-25(26)29/h3-4,7-11,14-15,17,19,21-22,24,33,36H,1-2,5-6,12-13,16H2,(H,34,37)/b10-4+. The molecule has 1 amide bonds. The normalized spacial score (nSPS) is 25.2. The monoisotopic (exact) mass is 535 g/mol. The van der Waals surface area contributed by atoms with E-state index in [0.717, 1.165) is 61.5 Å². The minimum atomic E-state index is -0.0623. The number of hydrogen-bond acceptors (Lipinski definition) is 3. The molecule has 5 nitrogen and oxygen atoms in total. The number of nitrogens with zero attached hydrogens (tertiary/aromatic N) is 1. The minimum Gasteiger partial charge on any atom is -0.508 e. The van der Waals surface area contributed by atoms with Gasteiger partial charge >= 0.3 is 0 Å². The lowest BCUT2D eigenvalue weighted by atomic mass is 9.85. The highest BCUT2D eigenvalue weighted by molar-refractivity contribution is 6.42.